The maximum atomic E-state index is 12.9. The molecule has 36 heavy (non-hydrogen) atoms. The minimum absolute atomic E-state index is 0.134. The van der Waals surface area contributed by atoms with Crippen LogP contribution in [0.25, 0.3) is 0 Å². The zero-order valence-corrected chi connectivity index (χ0v) is 19.2. The van der Waals surface area contributed by atoms with Crippen LogP contribution in [0.15, 0.2) is 54.9 Å². The van der Waals surface area contributed by atoms with Gasteiger partial charge in [0.05, 0.1) is 23.0 Å². The lowest BCUT2D eigenvalue weighted by Gasteiger charge is -2.22. The summed E-state index contributed by atoms with van der Waals surface area (Å²) in [6.45, 7) is 0.838. The van der Waals surface area contributed by atoms with Crippen LogP contribution in [-0.4, -0.2) is 56.8 Å². The number of carbonyl (C=O) groups is 2. The predicted octanol–water partition coefficient (Wildman–Crippen LogP) is 3.91. The number of β-amino-alcohol motifs (C(OH)–C–C–N with tert-alkyl or cyclic N) is 1. The molecule has 0 unspecified atom stereocenters. The number of halogens is 3. The van der Waals surface area contributed by atoms with E-state index in [4.69, 9.17) is 11.6 Å². The number of carboxylic acids is 1. The molecule has 13 heteroatoms. The summed E-state index contributed by atoms with van der Waals surface area (Å²) < 4.78 is 29.8. The molecule has 188 valence electrons. The normalized spacial score (nSPS) is 15.4. The summed E-state index contributed by atoms with van der Waals surface area (Å²) in [6.07, 6.45) is 2.68. The van der Waals surface area contributed by atoms with Gasteiger partial charge < -0.3 is 30.5 Å². The predicted molar refractivity (Wildman–Crippen MR) is 127 cm³/mol. The standard InChI is InChI=1S/C23H20ClF2N5O5/c24-23(25,26)36-16-5-3-14(4-6-16)29-21(33)13-10-18(20(28-11-13)31-9-7-15(32)12-31)30-17-2-1-8-27-19(17)22(34)35/h1-6,8,10-11,15,30,32H,7,9,12H2,(H,29,33)(H,34,35)/t15-/m1/s1. The molecule has 0 radical (unpaired) electrons. The molecule has 3 heterocycles. The Hall–Kier alpha value is -4.03. The number of alkyl halides is 3. The Bertz CT molecular complexity index is 1270. The van der Waals surface area contributed by atoms with Crippen LogP contribution in [-0.2, 0) is 0 Å². The number of aliphatic hydroxyl groups excluding tert-OH is 1. The van der Waals surface area contributed by atoms with Crippen LogP contribution in [0.3, 0.4) is 0 Å². The smallest absolute Gasteiger partial charge is 0.476 e. The number of nitrogens with one attached hydrogen (secondary N) is 2. The highest BCUT2D eigenvalue weighted by molar-refractivity contribution is 6.20. The maximum absolute atomic E-state index is 12.9. The number of carbonyl (C=O) groups excluding carboxylic acids is 1. The van der Waals surface area contributed by atoms with E-state index in [0.717, 1.165) is 0 Å². The molecule has 0 spiro atoms. The van der Waals surface area contributed by atoms with Gasteiger partial charge in [0.2, 0.25) is 0 Å². The third-order valence-electron chi connectivity index (χ3n) is 5.22. The van der Waals surface area contributed by atoms with Gasteiger partial charge in [0.1, 0.15) is 5.75 Å². The first-order valence-electron chi connectivity index (χ1n) is 10.6. The Labute approximate surface area is 208 Å². The number of carboxylic acid groups (broad SMARTS) is 1. The number of hydrogen-bond acceptors (Lipinski definition) is 8. The van der Waals surface area contributed by atoms with Crippen LogP contribution >= 0.6 is 11.6 Å². The fourth-order valence-electron chi connectivity index (χ4n) is 3.62. The van der Waals surface area contributed by atoms with E-state index in [1.165, 1.54) is 48.8 Å². The zero-order valence-electron chi connectivity index (χ0n) is 18.5. The van der Waals surface area contributed by atoms with Crippen molar-refractivity contribution >= 4 is 46.4 Å². The van der Waals surface area contributed by atoms with Crippen molar-refractivity contribution in [1.82, 2.24) is 9.97 Å². The van der Waals surface area contributed by atoms with E-state index in [1.807, 2.05) is 4.90 Å². The highest BCUT2D eigenvalue weighted by atomic mass is 35.5. The van der Waals surface area contributed by atoms with Gasteiger partial charge in [0.15, 0.2) is 11.5 Å². The Balaban J connectivity index is 1.60. The maximum Gasteiger partial charge on any atom is 0.487 e. The third kappa shape index (κ3) is 6.15. The number of benzene rings is 1. The van der Waals surface area contributed by atoms with E-state index in [1.54, 1.807) is 6.07 Å². The fourth-order valence-corrected chi connectivity index (χ4v) is 3.71. The SMILES string of the molecule is O=C(Nc1ccc(OC(F)(F)Cl)cc1)c1cnc(N2CC[C@@H](O)C2)c(Nc2cccnc2C(=O)O)c1. The topological polar surface area (TPSA) is 137 Å². The second-order valence-corrected chi connectivity index (χ2v) is 8.28. The Morgan fingerprint density at radius 3 is 2.56 bits per heavy atom. The van der Waals surface area contributed by atoms with Crippen molar-refractivity contribution in [3.8, 4) is 5.75 Å². The largest absolute Gasteiger partial charge is 0.487 e. The first-order chi connectivity index (χ1) is 17.1. The molecular formula is C23H20ClF2N5O5. The first kappa shape index (κ1) is 25.1. The Kier molecular flexibility index (Phi) is 7.17. The van der Waals surface area contributed by atoms with Gasteiger partial charge in [0.25, 0.3) is 5.91 Å². The number of rotatable bonds is 8. The number of nitrogens with zero attached hydrogens (tertiary/aromatic N) is 3. The minimum atomic E-state index is -3.86. The molecular weight excluding hydrogens is 500 g/mol. The Morgan fingerprint density at radius 2 is 1.92 bits per heavy atom. The van der Waals surface area contributed by atoms with Gasteiger partial charge in [-0.3, -0.25) is 4.79 Å². The number of ether oxygens (including phenoxy) is 1. The van der Waals surface area contributed by atoms with Gasteiger partial charge >= 0.3 is 11.5 Å². The van der Waals surface area contributed by atoms with E-state index in [0.29, 0.717) is 36.7 Å². The van der Waals surface area contributed by atoms with E-state index >= 15 is 0 Å². The third-order valence-corrected chi connectivity index (χ3v) is 5.29. The van der Waals surface area contributed by atoms with Crippen LogP contribution in [0.5, 0.6) is 5.75 Å². The van der Waals surface area contributed by atoms with Crippen molar-refractivity contribution < 1.29 is 33.3 Å². The second-order valence-electron chi connectivity index (χ2n) is 7.84. The summed E-state index contributed by atoms with van der Waals surface area (Å²) in [6, 6.07) is 9.73. The summed E-state index contributed by atoms with van der Waals surface area (Å²) in [4.78, 5) is 34.6. The molecule has 1 saturated heterocycles. The van der Waals surface area contributed by atoms with Crippen molar-refractivity contribution in [3.63, 3.8) is 0 Å². The fraction of sp³-hybridized carbons (Fsp3) is 0.217. The summed E-state index contributed by atoms with van der Waals surface area (Å²) >= 11 is 4.75. The lowest BCUT2D eigenvalue weighted by atomic mass is 10.2. The minimum Gasteiger partial charge on any atom is -0.476 e. The van der Waals surface area contributed by atoms with Crippen LogP contribution in [0.1, 0.15) is 27.3 Å². The zero-order chi connectivity index (χ0) is 25.9. The number of hydrogen-bond donors (Lipinski definition) is 4. The van der Waals surface area contributed by atoms with Crippen LogP contribution in [0, 0.1) is 0 Å². The average molecular weight is 520 g/mol. The highest BCUT2D eigenvalue weighted by Crippen LogP contribution is 2.32. The van der Waals surface area contributed by atoms with E-state index in [2.05, 4.69) is 25.3 Å². The second kappa shape index (κ2) is 10.3. The van der Waals surface area contributed by atoms with Gasteiger partial charge in [0, 0.05) is 42.8 Å². The quantitative estimate of drug-likeness (QED) is 0.326. The molecule has 1 fully saturated rings. The molecule has 2 aromatic heterocycles. The molecule has 4 N–H and O–H groups in total. The van der Waals surface area contributed by atoms with Gasteiger partial charge in [-0.15, -0.1) is 8.78 Å². The number of anilines is 4. The van der Waals surface area contributed by atoms with E-state index in [-0.39, 0.29) is 22.7 Å². The van der Waals surface area contributed by atoms with Crippen molar-refractivity contribution in [2.75, 3.05) is 28.6 Å². The van der Waals surface area contributed by atoms with Crippen molar-refractivity contribution in [3.05, 3.63) is 66.1 Å². The molecule has 1 aliphatic heterocycles. The van der Waals surface area contributed by atoms with E-state index in [9.17, 15) is 28.6 Å². The van der Waals surface area contributed by atoms with Crippen LogP contribution < -0.4 is 20.3 Å². The highest BCUT2D eigenvalue weighted by Gasteiger charge is 2.28. The van der Waals surface area contributed by atoms with Crippen molar-refractivity contribution in [2.24, 2.45) is 0 Å². The lowest BCUT2D eigenvalue weighted by molar-refractivity contribution is -0.0964. The first-order valence-corrected chi connectivity index (χ1v) is 11.0. The Morgan fingerprint density at radius 1 is 1.17 bits per heavy atom. The van der Waals surface area contributed by atoms with Gasteiger partial charge in [-0.25, -0.2) is 14.8 Å². The number of aliphatic hydroxyl groups is 1. The molecule has 1 aliphatic rings. The molecule has 3 aromatic rings. The van der Waals surface area contributed by atoms with Crippen molar-refractivity contribution in [1.29, 1.82) is 0 Å². The lowest BCUT2D eigenvalue weighted by Crippen LogP contribution is -2.24. The van der Waals surface area contributed by atoms with Crippen molar-refractivity contribution in [2.45, 2.75) is 18.1 Å². The summed E-state index contributed by atoms with van der Waals surface area (Å²) in [5.41, 5.74) is -3.12. The van der Waals surface area contributed by atoms with Crippen LogP contribution in [0.4, 0.5) is 31.7 Å². The molecule has 1 aromatic carbocycles. The molecule has 1 atom stereocenters. The van der Waals surface area contributed by atoms with E-state index < -0.39 is 23.5 Å². The molecule has 1 amide bonds. The number of aromatic carboxylic acids is 1. The molecule has 10 nitrogen and oxygen atoms in total. The van der Waals surface area contributed by atoms with Gasteiger partial charge in [-0.2, -0.15) is 0 Å². The van der Waals surface area contributed by atoms with Gasteiger partial charge in [-0.05, 0) is 48.9 Å². The number of pyridine rings is 2. The molecule has 0 bridgehead atoms. The summed E-state index contributed by atoms with van der Waals surface area (Å²) in [7, 11) is 0. The van der Waals surface area contributed by atoms with Gasteiger partial charge in [-0.1, -0.05) is 0 Å². The number of amides is 1. The number of aromatic nitrogens is 2. The summed E-state index contributed by atoms with van der Waals surface area (Å²) in [5.74, 6) is -1.56. The monoisotopic (exact) mass is 519 g/mol. The molecule has 0 saturated carbocycles. The molecule has 4 rings (SSSR count). The molecule has 0 aliphatic carbocycles. The summed E-state index contributed by atoms with van der Waals surface area (Å²) in [5, 5.41) is 25.0. The average Bonchev–Trinajstić information content (AvgIpc) is 3.25. The van der Waals surface area contributed by atoms with Crippen LogP contribution in [0.2, 0.25) is 0 Å².